The summed E-state index contributed by atoms with van der Waals surface area (Å²) in [4.78, 5) is 27.2. The number of hydrogen-bond acceptors (Lipinski definition) is 5. The molecule has 9 heteroatoms. The highest BCUT2D eigenvalue weighted by Gasteiger charge is 2.42. The van der Waals surface area contributed by atoms with Crippen molar-refractivity contribution in [2.24, 2.45) is 11.8 Å². The summed E-state index contributed by atoms with van der Waals surface area (Å²) in [5.41, 5.74) is -0.0394. The van der Waals surface area contributed by atoms with Crippen molar-refractivity contribution in [3.8, 4) is 11.5 Å². The van der Waals surface area contributed by atoms with Crippen molar-refractivity contribution < 1.29 is 23.4 Å². The Morgan fingerprint density at radius 3 is 2.78 bits per heavy atom. The lowest BCUT2D eigenvalue weighted by Crippen LogP contribution is -2.55. The first-order valence-electron chi connectivity index (χ1n) is 11.9. The zero-order valence-corrected chi connectivity index (χ0v) is 19.9. The minimum atomic E-state index is -1.09. The highest BCUT2D eigenvalue weighted by molar-refractivity contribution is 5.96. The molecule has 5 rings (SSSR count). The number of benzene rings is 1. The highest BCUT2D eigenvalue weighted by Crippen LogP contribution is 2.44. The molecule has 1 amide bonds. The molecule has 0 radical (unpaired) electrons. The van der Waals surface area contributed by atoms with Crippen LogP contribution in [0.2, 0.25) is 0 Å². The van der Waals surface area contributed by atoms with Crippen molar-refractivity contribution in [2.45, 2.75) is 25.8 Å². The van der Waals surface area contributed by atoms with E-state index in [-0.39, 0.29) is 36.6 Å². The molecular weight excluding hydrogens is 468 g/mol. The quantitative estimate of drug-likeness (QED) is 0.651. The Kier molecular flexibility index (Phi) is 6.15. The van der Waals surface area contributed by atoms with E-state index in [4.69, 9.17) is 4.74 Å². The SMILES string of the molecule is C=C(/C=C\C=C/C)[C@@H]1c2ccc(F)c(F)c2OC[C@H]2C[C@@H]2CCN2CN1n1ccc(=O)c(O)c1C2=O. The summed E-state index contributed by atoms with van der Waals surface area (Å²) in [6.45, 7) is 6.79. The van der Waals surface area contributed by atoms with Gasteiger partial charge in [0.25, 0.3) is 5.91 Å². The fourth-order valence-electron chi connectivity index (χ4n) is 4.99. The Morgan fingerprint density at radius 1 is 1.19 bits per heavy atom. The van der Waals surface area contributed by atoms with Gasteiger partial charge in [-0.05, 0) is 49.3 Å². The normalized spacial score (nSPS) is 23.4. The maximum Gasteiger partial charge on any atom is 0.277 e. The Hall–Kier alpha value is -3.88. The number of hydrogen-bond donors (Lipinski definition) is 1. The van der Waals surface area contributed by atoms with Crippen molar-refractivity contribution in [2.75, 3.05) is 24.8 Å². The van der Waals surface area contributed by atoms with E-state index in [1.807, 2.05) is 13.0 Å². The van der Waals surface area contributed by atoms with E-state index < -0.39 is 34.8 Å². The fraction of sp³-hybridized carbons (Fsp3) is 0.333. The zero-order chi connectivity index (χ0) is 25.6. The third-order valence-electron chi connectivity index (χ3n) is 7.05. The minimum absolute atomic E-state index is 0.0745. The maximum atomic E-state index is 15.2. The van der Waals surface area contributed by atoms with Crippen LogP contribution < -0.4 is 15.2 Å². The molecule has 1 aromatic heterocycles. The number of fused-ring (bicyclic) bond motifs is 6. The average molecular weight is 496 g/mol. The first-order valence-corrected chi connectivity index (χ1v) is 11.9. The molecule has 1 aliphatic carbocycles. The van der Waals surface area contributed by atoms with Gasteiger partial charge in [0, 0.05) is 24.4 Å². The molecule has 188 valence electrons. The van der Waals surface area contributed by atoms with Gasteiger partial charge in [0.1, 0.15) is 12.7 Å². The fourth-order valence-corrected chi connectivity index (χ4v) is 4.99. The van der Waals surface area contributed by atoms with E-state index >= 15 is 4.39 Å². The van der Waals surface area contributed by atoms with Crippen LogP contribution in [-0.4, -0.2) is 40.4 Å². The summed E-state index contributed by atoms with van der Waals surface area (Å²) in [7, 11) is 0. The number of carbonyl (C=O) groups is 1. The van der Waals surface area contributed by atoms with E-state index in [2.05, 4.69) is 6.58 Å². The highest BCUT2D eigenvalue weighted by atomic mass is 19.2. The standard InChI is InChI=1S/C27H27F2N3O4/c1-3-4-5-6-16(2)23-19-7-8-20(28)22(29)26(19)36-14-18-13-17(18)9-11-30-15-32(23)31-12-10-21(33)25(34)24(31)27(30)35/h3-8,10,12,17-18,23,34H,2,9,11,13-15H2,1H3/b4-3-,6-5-/t17-,18+,23+/m0/s1. The Bertz CT molecular complexity index is 1350. The van der Waals surface area contributed by atoms with Crippen LogP contribution in [0.25, 0.3) is 0 Å². The molecule has 2 bridgehead atoms. The number of nitrogens with zero attached hydrogens (tertiary/aromatic N) is 3. The Morgan fingerprint density at radius 2 is 2.00 bits per heavy atom. The predicted octanol–water partition coefficient (Wildman–Crippen LogP) is 4.03. The summed E-state index contributed by atoms with van der Waals surface area (Å²) in [5.74, 6) is -2.99. The summed E-state index contributed by atoms with van der Waals surface area (Å²) < 4.78 is 36.8. The van der Waals surface area contributed by atoms with Gasteiger partial charge in [-0.3, -0.25) is 19.3 Å². The van der Waals surface area contributed by atoms with Crippen LogP contribution >= 0.6 is 0 Å². The van der Waals surface area contributed by atoms with Gasteiger partial charge in [-0.15, -0.1) is 0 Å². The van der Waals surface area contributed by atoms with E-state index in [1.165, 1.54) is 16.9 Å². The lowest BCUT2D eigenvalue weighted by atomic mass is 9.96. The third-order valence-corrected chi connectivity index (χ3v) is 7.05. The molecule has 3 heterocycles. The van der Waals surface area contributed by atoms with Gasteiger partial charge in [-0.1, -0.05) is 30.9 Å². The molecule has 2 aromatic rings. The number of amides is 1. The van der Waals surface area contributed by atoms with Crippen molar-refractivity contribution >= 4 is 5.91 Å². The summed E-state index contributed by atoms with van der Waals surface area (Å²) in [6.07, 6.45) is 10.1. The van der Waals surface area contributed by atoms with E-state index in [0.29, 0.717) is 24.1 Å². The van der Waals surface area contributed by atoms with Crippen LogP contribution in [-0.2, 0) is 0 Å². The summed E-state index contributed by atoms with van der Waals surface area (Å²) in [6, 6.07) is 2.83. The summed E-state index contributed by atoms with van der Waals surface area (Å²) >= 11 is 0. The third kappa shape index (κ3) is 4.08. The van der Waals surface area contributed by atoms with Gasteiger partial charge in [0.2, 0.25) is 11.2 Å². The molecule has 1 fully saturated rings. The second-order valence-corrected chi connectivity index (χ2v) is 9.37. The van der Waals surface area contributed by atoms with Crippen LogP contribution in [0.1, 0.15) is 41.9 Å². The summed E-state index contributed by atoms with van der Waals surface area (Å²) in [5, 5.41) is 12.3. The van der Waals surface area contributed by atoms with Crippen LogP contribution in [0.3, 0.4) is 0 Å². The Balaban J connectivity index is 1.75. The minimum Gasteiger partial charge on any atom is -0.502 e. The number of aromatic hydroxyl groups is 1. The molecule has 36 heavy (non-hydrogen) atoms. The monoisotopic (exact) mass is 495 g/mol. The predicted molar refractivity (Wildman–Crippen MR) is 130 cm³/mol. The molecule has 2 aliphatic heterocycles. The van der Waals surface area contributed by atoms with Crippen LogP contribution in [0.5, 0.6) is 11.5 Å². The second kappa shape index (κ2) is 9.29. The number of aromatic nitrogens is 1. The van der Waals surface area contributed by atoms with Gasteiger partial charge in [0.15, 0.2) is 23.0 Å². The number of rotatable bonds is 3. The van der Waals surface area contributed by atoms with Gasteiger partial charge in [0.05, 0.1) is 6.61 Å². The van der Waals surface area contributed by atoms with Gasteiger partial charge in [-0.25, -0.2) is 4.39 Å². The molecule has 3 atom stereocenters. The van der Waals surface area contributed by atoms with Gasteiger partial charge >= 0.3 is 0 Å². The molecule has 0 spiro atoms. The zero-order valence-electron chi connectivity index (χ0n) is 19.9. The number of ether oxygens (including phenoxy) is 1. The van der Waals surface area contributed by atoms with E-state index in [1.54, 1.807) is 28.1 Å². The Labute approximate surface area is 207 Å². The van der Waals surface area contributed by atoms with E-state index in [9.17, 15) is 19.1 Å². The van der Waals surface area contributed by atoms with Crippen LogP contribution in [0, 0.1) is 23.5 Å². The van der Waals surface area contributed by atoms with Crippen molar-refractivity contribution in [3.63, 3.8) is 0 Å². The van der Waals surface area contributed by atoms with Crippen molar-refractivity contribution in [1.82, 2.24) is 9.58 Å². The maximum absolute atomic E-state index is 15.2. The van der Waals surface area contributed by atoms with Gasteiger partial charge in [-0.2, -0.15) is 4.39 Å². The first-order chi connectivity index (χ1) is 17.3. The lowest BCUT2D eigenvalue weighted by molar-refractivity contribution is 0.0671. The second-order valence-electron chi connectivity index (χ2n) is 9.37. The molecule has 7 nitrogen and oxygen atoms in total. The van der Waals surface area contributed by atoms with Gasteiger partial charge < -0.3 is 14.7 Å². The number of allylic oxidation sites excluding steroid dienone is 3. The molecule has 1 aromatic carbocycles. The average Bonchev–Trinajstić information content (AvgIpc) is 3.61. The van der Waals surface area contributed by atoms with Crippen LogP contribution in [0.15, 0.2) is 65.6 Å². The number of carbonyl (C=O) groups excluding carboxylic acids is 1. The smallest absolute Gasteiger partial charge is 0.277 e. The van der Waals surface area contributed by atoms with Crippen LogP contribution in [0.4, 0.5) is 8.78 Å². The molecule has 3 aliphatic rings. The topological polar surface area (TPSA) is 75.0 Å². The van der Waals surface area contributed by atoms with Crippen molar-refractivity contribution in [3.05, 3.63) is 94.0 Å². The first kappa shape index (κ1) is 23.8. The largest absolute Gasteiger partial charge is 0.502 e. The molecule has 0 unspecified atom stereocenters. The molecular formula is C27H27F2N3O4. The molecule has 0 saturated heterocycles. The molecule has 1 N–H and O–H groups in total. The number of halogens is 2. The van der Waals surface area contributed by atoms with E-state index in [0.717, 1.165) is 18.6 Å². The number of pyridine rings is 1. The molecule has 1 saturated carbocycles. The van der Waals surface area contributed by atoms with Crippen molar-refractivity contribution in [1.29, 1.82) is 0 Å². The lowest BCUT2D eigenvalue weighted by Gasteiger charge is -2.44.